The van der Waals surface area contributed by atoms with Crippen molar-refractivity contribution in [2.45, 2.75) is 10.1 Å². The van der Waals surface area contributed by atoms with Gasteiger partial charge in [-0.1, -0.05) is 6.07 Å². The maximum Gasteiger partial charge on any atom is 0.194 e. The maximum atomic E-state index is 5.58. The van der Waals surface area contributed by atoms with Gasteiger partial charge in [0, 0.05) is 11.1 Å². The molecule has 0 spiro atoms. The summed E-state index contributed by atoms with van der Waals surface area (Å²) in [6, 6.07) is 9.38. The van der Waals surface area contributed by atoms with E-state index in [1.54, 1.807) is 19.4 Å². The van der Waals surface area contributed by atoms with Crippen molar-refractivity contribution < 1.29 is 4.74 Å². The molecule has 0 radical (unpaired) electrons. The molecule has 2 rings (SSSR count). The van der Waals surface area contributed by atoms with Crippen LogP contribution in [0.2, 0.25) is 0 Å². The summed E-state index contributed by atoms with van der Waals surface area (Å²) < 4.78 is 5.14. The third kappa shape index (κ3) is 2.64. The Morgan fingerprint density at radius 3 is 2.94 bits per heavy atom. The molecule has 2 N–H and O–H groups in total. The van der Waals surface area contributed by atoms with Crippen molar-refractivity contribution in [3.63, 3.8) is 0 Å². The Morgan fingerprint density at radius 2 is 2.19 bits per heavy atom. The number of aromatic nitrogens is 2. The fourth-order valence-electron chi connectivity index (χ4n) is 1.17. The van der Waals surface area contributed by atoms with Crippen molar-refractivity contribution in [3.05, 3.63) is 36.5 Å². The highest BCUT2D eigenvalue weighted by atomic mass is 32.2. The van der Waals surface area contributed by atoms with E-state index in [2.05, 4.69) is 9.97 Å². The van der Waals surface area contributed by atoms with Gasteiger partial charge >= 0.3 is 0 Å². The summed E-state index contributed by atoms with van der Waals surface area (Å²) >= 11 is 1.45. The van der Waals surface area contributed by atoms with E-state index < -0.39 is 0 Å². The van der Waals surface area contributed by atoms with Gasteiger partial charge < -0.3 is 10.5 Å². The first-order valence-corrected chi connectivity index (χ1v) is 5.50. The molecule has 82 valence electrons. The molecule has 2 aromatic rings. The molecule has 0 aliphatic carbocycles. The topological polar surface area (TPSA) is 61.0 Å². The first-order chi connectivity index (χ1) is 7.78. The largest absolute Gasteiger partial charge is 0.497 e. The minimum absolute atomic E-state index is 0.473. The SMILES string of the molecule is COc1cccc(Sc2nccc(N)n2)c1. The Bertz CT molecular complexity index is 490. The van der Waals surface area contributed by atoms with Crippen LogP contribution in [-0.4, -0.2) is 17.1 Å². The second-order valence-corrected chi connectivity index (χ2v) is 4.09. The zero-order chi connectivity index (χ0) is 11.4. The van der Waals surface area contributed by atoms with Crippen molar-refractivity contribution in [2.75, 3.05) is 12.8 Å². The van der Waals surface area contributed by atoms with Gasteiger partial charge in [0.1, 0.15) is 11.6 Å². The number of benzene rings is 1. The predicted octanol–water partition coefficient (Wildman–Crippen LogP) is 2.22. The van der Waals surface area contributed by atoms with Gasteiger partial charge in [0.15, 0.2) is 5.16 Å². The minimum atomic E-state index is 0.473. The zero-order valence-electron chi connectivity index (χ0n) is 8.75. The Kier molecular flexibility index (Phi) is 3.26. The predicted molar refractivity (Wildman–Crippen MR) is 63.6 cm³/mol. The highest BCUT2D eigenvalue weighted by Gasteiger charge is 2.01. The molecule has 0 fully saturated rings. The van der Waals surface area contributed by atoms with E-state index in [9.17, 15) is 0 Å². The summed E-state index contributed by atoms with van der Waals surface area (Å²) in [5.74, 6) is 1.29. The monoisotopic (exact) mass is 233 g/mol. The van der Waals surface area contributed by atoms with Gasteiger partial charge in [-0.15, -0.1) is 0 Å². The Hall–Kier alpha value is -1.75. The summed E-state index contributed by atoms with van der Waals surface area (Å²) in [5, 5.41) is 0.633. The molecule has 0 amide bonds. The van der Waals surface area contributed by atoms with Crippen LogP contribution < -0.4 is 10.5 Å². The number of ether oxygens (including phenoxy) is 1. The quantitative estimate of drug-likeness (QED) is 0.824. The van der Waals surface area contributed by atoms with Crippen molar-refractivity contribution in [2.24, 2.45) is 0 Å². The Labute approximate surface area is 97.9 Å². The van der Waals surface area contributed by atoms with Crippen LogP contribution in [-0.2, 0) is 0 Å². The number of nitrogens with two attached hydrogens (primary N) is 1. The van der Waals surface area contributed by atoms with Crippen LogP contribution in [0.15, 0.2) is 46.6 Å². The molecule has 0 unspecified atom stereocenters. The minimum Gasteiger partial charge on any atom is -0.497 e. The number of hydrogen-bond donors (Lipinski definition) is 1. The third-order valence-electron chi connectivity index (χ3n) is 1.91. The lowest BCUT2D eigenvalue weighted by Gasteiger charge is -2.03. The molecule has 1 aromatic heterocycles. The van der Waals surface area contributed by atoms with E-state index in [4.69, 9.17) is 10.5 Å². The lowest BCUT2D eigenvalue weighted by Crippen LogP contribution is -1.92. The van der Waals surface area contributed by atoms with Crippen molar-refractivity contribution >= 4 is 17.6 Å². The Morgan fingerprint density at radius 1 is 1.31 bits per heavy atom. The summed E-state index contributed by atoms with van der Waals surface area (Å²) in [6.07, 6.45) is 1.64. The number of hydrogen-bond acceptors (Lipinski definition) is 5. The van der Waals surface area contributed by atoms with Crippen LogP contribution in [0.3, 0.4) is 0 Å². The number of nitrogens with zero attached hydrogens (tertiary/aromatic N) is 2. The molecule has 1 heterocycles. The van der Waals surface area contributed by atoms with E-state index >= 15 is 0 Å². The summed E-state index contributed by atoms with van der Waals surface area (Å²) in [6.45, 7) is 0. The Balaban J connectivity index is 2.20. The fraction of sp³-hybridized carbons (Fsp3) is 0.0909. The second-order valence-electron chi connectivity index (χ2n) is 3.05. The number of rotatable bonds is 3. The first kappa shape index (κ1) is 10.8. The third-order valence-corrected chi connectivity index (χ3v) is 2.77. The van der Waals surface area contributed by atoms with Crippen molar-refractivity contribution in [1.29, 1.82) is 0 Å². The van der Waals surface area contributed by atoms with Gasteiger partial charge in [0.25, 0.3) is 0 Å². The molecule has 0 aliphatic rings. The molecule has 16 heavy (non-hydrogen) atoms. The van der Waals surface area contributed by atoms with E-state index in [0.29, 0.717) is 11.0 Å². The fourth-order valence-corrected chi connectivity index (χ4v) is 1.97. The van der Waals surface area contributed by atoms with Gasteiger partial charge in [0.2, 0.25) is 0 Å². The van der Waals surface area contributed by atoms with Gasteiger partial charge in [-0.05, 0) is 36.0 Å². The van der Waals surface area contributed by atoms with Crippen molar-refractivity contribution in [3.8, 4) is 5.75 Å². The number of anilines is 1. The first-order valence-electron chi connectivity index (χ1n) is 4.68. The lowest BCUT2D eigenvalue weighted by atomic mass is 10.3. The molecule has 5 heteroatoms. The van der Waals surface area contributed by atoms with E-state index in [1.165, 1.54) is 11.8 Å². The maximum absolute atomic E-state index is 5.58. The molecule has 0 bridgehead atoms. The molecule has 1 aromatic carbocycles. The molecule has 0 aliphatic heterocycles. The molecule has 0 atom stereocenters. The van der Waals surface area contributed by atoms with Gasteiger partial charge in [0.05, 0.1) is 7.11 Å². The van der Waals surface area contributed by atoms with Crippen LogP contribution in [0, 0.1) is 0 Å². The lowest BCUT2D eigenvalue weighted by molar-refractivity contribution is 0.413. The average Bonchev–Trinajstić information content (AvgIpc) is 2.29. The van der Waals surface area contributed by atoms with E-state index in [1.807, 2.05) is 24.3 Å². The number of methoxy groups -OCH3 is 1. The molecule has 0 saturated carbocycles. The van der Waals surface area contributed by atoms with Crippen molar-refractivity contribution in [1.82, 2.24) is 9.97 Å². The highest BCUT2D eigenvalue weighted by molar-refractivity contribution is 7.99. The standard InChI is InChI=1S/C11H11N3OS/c1-15-8-3-2-4-9(7-8)16-11-13-6-5-10(12)14-11/h2-7H,1H3,(H2,12,13,14). The summed E-state index contributed by atoms with van der Waals surface area (Å²) in [7, 11) is 1.64. The summed E-state index contributed by atoms with van der Waals surface area (Å²) in [4.78, 5) is 9.25. The molecule has 0 saturated heterocycles. The van der Waals surface area contributed by atoms with Crippen LogP contribution in [0.1, 0.15) is 0 Å². The van der Waals surface area contributed by atoms with Gasteiger partial charge in [-0.2, -0.15) is 0 Å². The molecular formula is C11H11N3OS. The van der Waals surface area contributed by atoms with Crippen LogP contribution in [0.25, 0.3) is 0 Å². The van der Waals surface area contributed by atoms with E-state index in [0.717, 1.165) is 10.6 Å². The summed E-state index contributed by atoms with van der Waals surface area (Å²) in [5.41, 5.74) is 5.58. The van der Waals surface area contributed by atoms with Gasteiger partial charge in [-0.3, -0.25) is 0 Å². The smallest absolute Gasteiger partial charge is 0.194 e. The molecular weight excluding hydrogens is 222 g/mol. The average molecular weight is 233 g/mol. The van der Waals surface area contributed by atoms with Crippen LogP contribution >= 0.6 is 11.8 Å². The highest BCUT2D eigenvalue weighted by Crippen LogP contribution is 2.27. The van der Waals surface area contributed by atoms with Crippen LogP contribution in [0.4, 0.5) is 5.82 Å². The number of nitrogen functional groups attached to an aromatic ring is 1. The molecule has 4 nitrogen and oxygen atoms in total. The normalized spacial score (nSPS) is 10.1. The van der Waals surface area contributed by atoms with Gasteiger partial charge in [-0.25, -0.2) is 9.97 Å². The zero-order valence-corrected chi connectivity index (χ0v) is 9.57. The van der Waals surface area contributed by atoms with E-state index in [-0.39, 0.29) is 0 Å². The van der Waals surface area contributed by atoms with Crippen LogP contribution in [0.5, 0.6) is 5.75 Å². The second kappa shape index (κ2) is 4.85.